The highest BCUT2D eigenvalue weighted by Crippen LogP contribution is 2.36. The average molecular weight is 399 g/mol. The molecule has 0 saturated heterocycles. The van der Waals surface area contributed by atoms with E-state index >= 15 is 0 Å². The summed E-state index contributed by atoms with van der Waals surface area (Å²) in [4.78, 5) is 25.3. The van der Waals surface area contributed by atoms with Gasteiger partial charge in [0.05, 0.1) is 17.5 Å². The van der Waals surface area contributed by atoms with Crippen LogP contribution in [0.2, 0.25) is 0 Å². The van der Waals surface area contributed by atoms with Crippen LogP contribution in [0.1, 0.15) is 32.8 Å². The highest BCUT2D eigenvalue weighted by atomic mass is 32.2. The van der Waals surface area contributed by atoms with E-state index in [0.717, 1.165) is 16.3 Å². The molecule has 0 spiro atoms. The molecular formula is C22H26N2O3S. The topological polar surface area (TPSA) is 67.4 Å². The molecule has 3 rings (SSSR count). The predicted octanol–water partition coefficient (Wildman–Crippen LogP) is 3.98. The third-order valence-corrected chi connectivity index (χ3v) is 5.77. The third-order valence-electron chi connectivity index (χ3n) is 4.49. The molecule has 2 amide bonds. The van der Waals surface area contributed by atoms with Crippen molar-refractivity contribution in [3.8, 4) is 5.75 Å². The number of amides is 2. The highest BCUT2D eigenvalue weighted by molar-refractivity contribution is 8.01. The Hall–Kier alpha value is -2.47. The number of fused-ring (bicyclic) bond motifs is 1. The van der Waals surface area contributed by atoms with E-state index in [1.165, 1.54) is 17.3 Å². The molecule has 1 unspecified atom stereocenters. The van der Waals surface area contributed by atoms with Crippen molar-refractivity contribution in [2.45, 2.75) is 42.8 Å². The number of para-hydroxylation sites is 1. The molecule has 6 heteroatoms. The van der Waals surface area contributed by atoms with Crippen molar-refractivity contribution in [2.75, 3.05) is 18.5 Å². The molecule has 0 saturated carbocycles. The van der Waals surface area contributed by atoms with Crippen molar-refractivity contribution in [3.63, 3.8) is 0 Å². The Bertz CT molecular complexity index is 844. The van der Waals surface area contributed by atoms with Gasteiger partial charge >= 0.3 is 0 Å². The van der Waals surface area contributed by atoms with Gasteiger partial charge in [0.1, 0.15) is 12.4 Å². The minimum atomic E-state index is -0.416. The van der Waals surface area contributed by atoms with Crippen LogP contribution in [-0.2, 0) is 15.0 Å². The number of thioether (sulfide) groups is 1. The fraction of sp³-hybridized carbons (Fsp3) is 0.364. The van der Waals surface area contributed by atoms with Crippen LogP contribution in [0.15, 0.2) is 53.4 Å². The first-order valence-electron chi connectivity index (χ1n) is 9.39. The van der Waals surface area contributed by atoms with Gasteiger partial charge in [-0.1, -0.05) is 45.0 Å². The quantitative estimate of drug-likeness (QED) is 0.722. The molecule has 1 aliphatic rings. The number of hydrogen-bond acceptors (Lipinski definition) is 4. The largest absolute Gasteiger partial charge is 0.492 e. The van der Waals surface area contributed by atoms with E-state index in [2.05, 4.69) is 43.5 Å². The van der Waals surface area contributed by atoms with Crippen LogP contribution in [0.4, 0.5) is 5.69 Å². The minimum Gasteiger partial charge on any atom is -0.492 e. The lowest BCUT2D eigenvalue weighted by Crippen LogP contribution is -2.36. The van der Waals surface area contributed by atoms with Crippen molar-refractivity contribution < 1.29 is 14.3 Å². The van der Waals surface area contributed by atoms with E-state index in [4.69, 9.17) is 4.74 Å². The highest BCUT2D eigenvalue weighted by Gasteiger charge is 2.28. The molecule has 0 radical (unpaired) electrons. The summed E-state index contributed by atoms with van der Waals surface area (Å²) in [6.07, 6.45) is 0.144. The zero-order valence-corrected chi connectivity index (χ0v) is 17.3. The van der Waals surface area contributed by atoms with Gasteiger partial charge in [-0.3, -0.25) is 9.59 Å². The van der Waals surface area contributed by atoms with Gasteiger partial charge in [0.25, 0.3) is 0 Å². The number of nitrogens with one attached hydrogen (secondary N) is 2. The predicted molar refractivity (Wildman–Crippen MR) is 113 cm³/mol. The summed E-state index contributed by atoms with van der Waals surface area (Å²) in [5.41, 5.74) is 2.16. The van der Waals surface area contributed by atoms with Crippen molar-refractivity contribution in [2.24, 2.45) is 0 Å². The number of hydrogen-bond donors (Lipinski definition) is 2. The Morgan fingerprint density at radius 3 is 2.57 bits per heavy atom. The summed E-state index contributed by atoms with van der Waals surface area (Å²) >= 11 is 1.43. The van der Waals surface area contributed by atoms with Crippen molar-refractivity contribution >= 4 is 29.3 Å². The lowest BCUT2D eigenvalue weighted by molar-refractivity contribution is -0.124. The Morgan fingerprint density at radius 1 is 1.14 bits per heavy atom. The van der Waals surface area contributed by atoms with Crippen LogP contribution in [-0.4, -0.2) is 30.2 Å². The van der Waals surface area contributed by atoms with Gasteiger partial charge in [-0.05, 0) is 35.2 Å². The smallest absolute Gasteiger partial charge is 0.238 e. The Balaban J connectivity index is 1.41. The van der Waals surface area contributed by atoms with Crippen LogP contribution in [0, 0.1) is 0 Å². The first-order valence-corrected chi connectivity index (χ1v) is 10.3. The molecule has 1 heterocycles. The molecule has 2 aromatic carbocycles. The maximum absolute atomic E-state index is 12.2. The Morgan fingerprint density at radius 2 is 1.86 bits per heavy atom. The van der Waals surface area contributed by atoms with Gasteiger partial charge in [0.2, 0.25) is 11.8 Å². The maximum Gasteiger partial charge on any atom is 0.238 e. The van der Waals surface area contributed by atoms with Crippen molar-refractivity contribution in [3.05, 3.63) is 54.1 Å². The van der Waals surface area contributed by atoms with Gasteiger partial charge in [0, 0.05) is 11.3 Å². The molecule has 0 aliphatic carbocycles. The average Bonchev–Trinajstić information content (AvgIpc) is 2.65. The zero-order chi connectivity index (χ0) is 20.1. The monoisotopic (exact) mass is 398 g/mol. The molecule has 2 aromatic rings. The summed E-state index contributed by atoms with van der Waals surface area (Å²) in [6.45, 7) is 7.29. The van der Waals surface area contributed by atoms with Crippen LogP contribution in [0.5, 0.6) is 5.75 Å². The first-order chi connectivity index (χ1) is 13.3. The Labute approximate surface area is 170 Å². The SMILES string of the molecule is CC(C)(C)c1ccc(OCCNC(=O)CC2Sc3ccccc3NC2=O)cc1. The van der Waals surface area contributed by atoms with Gasteiger partial charge < -0.3 is 15.4 Å². The van der Waals surface area contributed by atoms with Crippen LogP contribution >= 0.6 is 11.8 Å². The maximum atomic E-state index is 12.2. The second-order valence-electron chi connectivity index (χ2n) is 7.77. The normalized spacial score (nSPS) is 16.1. The van der Waals surface area contributed by atoms with Gasteiger partial charge in [-0.25, -0.2) is 0 Å². The standard InChI is InChI=1S/C22H26N2O3S/c1-22(2,3)15-8-10-16(11-9-15)27-13-12-23-20(25)14-19-21(26)24-17-6-4-5-7-18(17)28-19/h4-11,19H,12-14H2,1-3H3,(H,23,25)(H,24,26). The van der Waals surface area contributed by atoms with E-state index in [9.17, 15) is 9.59 Å². The van der Waals surface area contributed by atoms with Crippen molar-refractivity contribution in [1.82, 2.24) is 5.32 Å². The minimum absolute atomic E-state index is 0.108. The van der Waals surface area contributed by atoms with Crippen LogP contribution < -0.4 is 15.4 Å². The van der Waals surface area contributed by atoms with Gasteiger partial charge in [-0.15, -0.1) is 11.8 Å². The van der Waals surface area contributed by atoms with Crippen LogP contribution in [0.25, 0.3) is 0 Å². The van der Waals surface area contributed by atoms with Crippen molar-refractivity contribution in [1.29, 1.82) is 0 Å². The van der Waals surface area contributed by atoms with Gasteiger partial charge in [-0.2, -0.15) is 0 Å². The summed E-state index contributed by atoms with van der Waals surface area (Å²) in [7, 11) is 0. The molecule has 0 fully saturated rings. The summed E-state index contributed by atoms with van der Waals surface area (Å²) in [6, 6.07) is 15.6. The zero-order valence-electron chi connectivity index (χ0n) is 16.5. The summed E-state index contributed by atoms with van der Waals surface area (Å²) in [5.74, 6) is 0.494. The van der Waals surface area contributed by atoms with Crippen LogP contribution in [0.3, 0.4) is 0 Å². The molecule has 0 bridgehead atoms. The number of rotatable bonds is 6. The Kier molecular flexibility index (Phi) is 6.29. The molecule has 5 nitrogen and oxygen atoms in total. The summed E-state index contributed by atoms with van der Waals surface area (Å²) in [5, 5.41) is 5.26. The first kappa shape index (κ1) is 20.3. The second kappa shape index (κ2) is 8.69. The number of carbonyl (C=O) groups is 2. The molecular weight excluding hydrogens is 372 g/mol. The number of carbonyl (C=O) groups excluding carboxylic acids is 2. The molecule has 1 aliphatic heterocycles. The molecule has 0 aromatic heterocycles. The lowest BCUT2D eigenvalue weighted by atomic mass is 9.87. The second-order valence-corrected chi connectivity index (χ2v) is 9.01. The lowest BCUT2D eigenvalue weighted by Gasteiger charge is -2.23. The fourth-order valence-corrected chi connectivity index (χ4v) is 3.99. The van der Waals surface area contributed by atoms with E-state index < -0.39 is 5.25 Å². The number of ether oxygens (including phenoxy) is 1. The summed E-state index contributed by atoms with van der Waals surface area (Å²) < 4.78 is 5.68. The van der Waals surface area contributed by atoms with E-state index in [1.807, 2.05) is 36.4 Å². The molecule has 148 valence electrons. The number of anilines is 1. The molecule has 1 atom stereocenters. The fourth-order valence-electron chi connectivity index (χ4n) is 2.88. The molecule has 28 heavy (non-hydrogen) atoms. The number of benzene rings is 2. The van der Waals surface area contributed by atoms with E-state index in [-0.39, 0.29) is 23.7 Å². The van der Waals surface area contributed by atoms with E-state index in [1.54, 1.807) is 0 Å². The van der Waals surface area contributed by atoms with Gasteiger partial charge in [0.15, 0.2) is 0 Å². The molecule has 2 N–H and O–H groups in total. The van der Waals surface area contributed by atoms with E-state index in [0.29, 0.717) is 13.2 Å². The third kappa shape index (κ3) is 5.29.